The van der Waals surface area contributed by atoms with E-state index < -0.39 is 16.6 Å². The largest absolute Gasteiger partial charge is 0.478 e. The molecule has 0 aromatic heterocycles. The Hall–Kier alpha value is -3.22. The standard InChI is InChI=1S/C20H20N2O5/c1-20(16-6-3-2-4-7-16)8-5-9-21(13-20)18(23)14-10-15(19(24)25)12-17(11-14)22(26)27/h2-4,6-7,10-12H,5,8-9,13H2,1H3,(H,24,25). The predicted molar refractivity (Wildman–Crippen MR) is 99.0 cm³/mol. The number of non-ortho nitro benzene ring substituents is 1. The van der Waals surface area contributed by atoms with Crippen LogP contribution in [0.4, 0.5) is 5.69 Å². The van der Waals surface area contributed by atoms with E-state index in [1.54, 1.807) is 4.90 Å². The minimum absolute atomic E-state index is 0.0268. The summed E-state index contributed by atoms with van der Waals surface area (Å²) in [5.41, 5.74) is 0.272. The van der Waals surface area contributed by atoms with Gasteiger partial charge in [-0.1, -0.05) is 37.3 Å². The number of carboxylic acid groups (broad SMARTS) is 1. The molecule has 7 heteroatoms. The fraction of sp³-hybridized carbons (Fsp3) is 0.300. The molecule has 1 unspecified atom stereocenters. The van der Waals surface area contributed by atoms with Gasteiger partial charge in [0.2, 0.25) is 0 Å². The number of nitro groups is 1. The minimum Gasteiger partial charge on any atom is -0.478 e. The molecule has 27 heavy (non-hydrogen) atoms. The summed E-state index contributed by atoms with van der Waals surface area (Å²) in [7, 11) is 0. The summed E-state index contributed by atoms with van der Waals surface area (Å²) in [5.74, 6) is -1.69. The number of carboxylic acids is 1. The molecule has 140 valence electrons. The van der Waals surface area contributed by atoms with Gasteiger partial charge in [-0.2, -0.15) is 0 Å². The van der Waals surface area contributed by atoms with Crippen LogP contribution in [0.1, 0.15) is 46.0 Å². The van der Waals surface area contributed by atoms with E-state index in [9.17, 15) is 24.8 Å². The number of hydrogen-bond acceptors (Lipinski definition) is 4. The quantitative estimate of drug-likeness (QED) is 0.658. The molecule has 1 atom stereocenters. The van der Waals surface area contributed by atoms with Crippen molar-refractivity contribution in [2.45, 2.75) is 25.2 Å². The Labute approximate surface area is 156 Å². The second kappa shape index (κ2) is 7.19. The number of benzene rings is 2. The summed E-state index contributed by atoms with van der Waals surface area (Å²) in [5, 5.41) is 20.3. The Balaban J connectivity index is 1.91. The van der Waals surface area contributed by atoms with E-state index in [4.69, 9.17) is 0 Å². The van der Waals surface area contributed by atoms with Crippen LogP contribution >= 0.6 is 0 Å². The number of carbonyl (C=O) groups excluding carboxylic acids is 1. The first-order chi connectivity index (χ1) is 12.8. The van der Waals surface area contributed by atoms with Crippen LogP contribution in [-0.2, 0) is 5.41 Å². The lowest BCUT2D eigenvalue weighted by atomic mass is 9.76. The number of aromatic carboxylic acids is 1. The van der Waals surface area contributed by atoms with E-state index in [1.807, 2.05) is 30.3 Å². The third kappa shape index (κ3) is 3.81. The van der Waals surface area contributed by atoms with Crippen molar-refractivity contribution in [3.63, 3.8) is 0 Å². The molecule has 1 heterocycles. The van der Waals surface area contributed by atoms with Gasteiger partial charge in [-0.05, 0) is 24.5 Å². The zero-order valence-corrected chi connectivity index (χ0v) is 14.9. The first-order valence-corrected chi connectivity index (χ1v) is 8.68. The average Bonchev–Trinajstić information content (AvgIpc) is 2.67. The molecular formula is C20H20N2O5. The van der Waals surface area contributed by atoms with Gasteiger partial charge in [-0.3, -0.25) is 14.9 Å². The SMILES string of the molecule is CC1(c2ccccc2)CCCN(C(=O)c2cc(C(=O)O)cc([N+](=O)[O-])c2)C1. The summed E-state index contributed by atoms with van der Waals surface area (Å²) in [4.78, 5) is 36.3. The maximum absolute atomic E-state index is 13.0. The molecule has 0 spiro atoms. The molecule has 1 aliphatic heterocycles. The number of rotatable bonds is 4. The molecule has 2 aromatic rings. The molecule has 7 nitrogen and oxygen atoms in total. The number of likely N-dealkylation sites (tertiary alicyclic amines) is 1. The van der Waals surface area contributed by atoms with E-state index in [-0.39, 0.29) is 22.4 Å². The summed E-state index contributed by atoms with van der Waals surface area (Å²) >= 11 is 0. The van der Waals surface area contributed by atoms with Crippen molar-refractivity contribution in [2.75, 3.05) is 13.1 Å². The molecule has 3 rings (SSSR count). The topological polar surface area (TPSA) is 101 Å². The average molecular weight is 368 g/mol. The number of nitrogens with zero attached hydrogens (tertiary/aromatic N) is 2. The first kappa shape index (κ1) is 18.6. The summed E-state index contributed by atoms with van der Waals surface area (Å²) in [6.07, 6.45) is 1.73. The molecule has 1 fully saturated rings. The Bertz CT molecular complexity index is 864. The van der Waals surface area contributed by atoms with Gasteiger partial charge in [0.1, 0.15) is 0 Å². The highest BCUT2D eigenvalue weighted by molar-refractivity contribution is 5.98. The molecule has 0 radical (unpaired) electrons. The number of amides is 1. The molecule has 1 N–H and O–H groups in total. The summed E-state index contributed by atoms with van der Waals surface area (Å²) in [6, 6.07) is 13.2. The van der Waals surface area contributed by atoms with Gasteiger partial charge < -0.3 is 10.0 Å². The molecule has 0 saturated carbocycles. The molecule has 1 amide bonds. The van der Waals surface area contributed by atoms with Crippen LogP contribution in [0, 0.1) is 10.1 Å². The van der Waals surface area contributed by atoms with E-state index in [1.165, 1.54) is 6.07 Å². The number of carbonyl (C=O) groups is 2. The highest BCUT2D eigenvalue weighted by atomic mass is 16.6. The van der Waals surface area contributed by atoms with Crippen LogP contribution in [0.25, 0.3) is 0 Å². The zero-order valence-electron chi connectivity index (χ0n) is 14.9. The smallest absolute Gasteiger partial charge is 0.335 e. The Kier molecular flexibility index (Phi) is 4.94. The fourth-order valence-electron chi connectivity index (χ4n) is 3.64. The molecule has 0 bridgehead atoms. The molecule has 1 saturated heterocycles. The van der Waals surface area contributed by atoms with Crippen LogP contribution in [-0.4, -0.2) is 39.9 Å². The highest BCUT2D eigenvalue weighted by Crippen LogP contribution is 2.34. The normalized spacial score (nSPS) is 19.5. The Morgan fingerprint density at radius 2 is 1.81 bits per heavy atom. The Morgan fingerprint density at radius 1 is 1.15 bits per heavy atom. The van der Waals surface area contributed by atoms with Crippen LogP contribution in [0.3, 0.4) is 0 Å². The van der Waals surface area contributed by atoms with Crippen molar-refractivity contribution in [2.24, 2.45) is 0 Å². The molecule has 1 aliphatic rings. The van der Waals surface area contributed by atoms with Crippen molar-refractivity contribution < 1.29 is 19.6 Å². The maximum Gasteiger partial charge on any atom is 0.335 e. The molecule has 0 aliphatic carbocycles. The molecular weight excluding hydrogens is 348 g/mol. The van der Waals surface area contributed by atoms with Crippen LogP contribution in [0.5, 0.6) is 0 Å². The van der Waals surface area contributed by atoms with Crippen molar-refractivity contribution >= 4 is 17.6 Å². The number of nitro benzene ring substituents is 1. The van der Waals surface area contributed by atoms with Crippen molar-refractivity contribution in [1.29, 1.82) is 0 Å². The third-order valence-corrected chi connectivity index (χ3v) is 5.08. The second-order valence-corrected chi connectivity index (χ2v) is 7.09. The third-order valence-electron chi connectivity index (χ3n) is 5.08. The van der Waals surface area contributed by atoms with E-state index in [0.717, 1.165) is 30.5 Å². The van der Waals surface area contributed by atoms with Crippen LogP contribution < -0.4 is 0 Å². The fourth-order valence-corrected chi connectivity index (χ4v) is 3.64. The van der Waals surface area contributed by atoms with Gasteiger partial charge in [0.15, 0.2) is 0 Å². The van der Waals surface area contributed by atoms with Crippen LogP contribution in [0.2, 0.25) is 0 Å². The lowest BCUT2D eigenvalue weighted by Gasteiger charge is -2.41. The zero-order chi connectivity index (χ0) is 19.6. The minimum atomic E-state index is -1.31. The Morgan fingerprint density at radius 3 is 2.44 bits per heavy atom. The summed E-state index contributed by atoms with van der Waals surface area (Å²) < 4.78 is 0. The van der Waals surface area contributed by atoms with Gasteiger partial charge >= 0.3 is 5.97 Å². The predicted octanol–water partition coefficient (Wildman–Crippen LogP) is 3.49. The van der Waals surface area contributed by atoms with Crippen molar-refractivity contribution in [1.82, 2.24) is 4.90 Å². The van der Waals surface area contributed by atoms with Gasteiger partial charge in [0.05, 0.1) is 10.5 Å². The van der Waals surface area contributed by atoms with Crippen LogP contribution in [0.15, 0.2) is 48.5 Å². The van der Waals surface area contributed by atoms with Gasteiger partial charge in [-0.15, -0.1) is 0 Å². The van der Waals surface area contributed by atoms with E-state index in [0.29, 0.717) is 13.1 Å². The van der Waals surface area contributed by atoms with Crippen molar-refractivity contribution in [3.8, 4) is 0 Å². The van der Waals surface area contributed by atoms with Gasteiger partial charge in [-0.25, -0.2) is 4.79 Å². The van der Waals surface area contributed by atoms with Gasteiger partial charge in [0, 0.05) is 36.2 Å². The van der Waals surface area contributed by atoms with Crippen molar-refractivity contribution in [3.05, 3.63) is 75.3 Å². The first-order valence-electron chi connectivity index (χ1n) is 8.68. The van der Waals surface area contributed by atoms with Gasteiger partial charge in [0.25, 0.3) is 11.6 Å². The van der Waals surface area contributed by atoms with E-state index >= 15 is 0 Å². The summed E-state index contributed by atoms with van der Waals surface area (Å²) in [6.45, 7) is 3.10. The second-order valence-electron chi connectivity index (χ2n) is 7.09. The monoisotopic (exact) mass is 368 g/mol. The lowest BCUT2D eigenvalue weighted by Crippen LogP contribution is -2.47. The number of hydrogen-bond donors (Lipinski definition) is 1. The lowest BCUT2D eigenvalue weighted by molar-refractivity contribution is -0.384. The molecule has 2 aromatic carbocycles. The van der Waals surface area contributed by atoms with E-state index in [2.05, 4.69) is 6.92 Å². The highest BCUT2D eigenvalue weighted by Gasteiger charge is 2.35. The maximum atomic E-state index is 13.0. The number of piperidine rings is 1.